The molecule has 2 aromatic rings. The van der Waals surface area contributed by atoms with E-state index in [0.717, 1.165) is 11.4 Å². The van der Waals surface area contributed by atoms with Gasteiger partial charge in [-0.15, -0.1) is 12.4 Å². The fraction of sp³-hybridized carbons (Fsp3) is 0.0833. The van der Waals surface area contributed by atoms with Gasteiger partial charge >= 0.3 is 0 Å². The number of nitrogens with zero attached hydrogens (tertiary/aromatic N) is 2. The van der Waals surface area contributed by atoms with Crippen molar-refractivity contribution in [1.82, 2.24) is 9.97 Å². The van der Waals surface area contributed by atoms with Crippen LogP contribution in [0.2, 0.25) is 0 Å². The third-order valence-electron chi connectivity index (χ3n) is 2.31. The van der Waals surface area contributed by atoms with Crippen LogP contribution in [-0.2, 0) is 0 Å². The highest BCUT2D eigenvalue weighted by Gasteiger charge is 2.02. The Morgan fingerprint density at radius 1 is 1.21 bits per heavy atom. The van der Waals surface area contributed by atoms with Crippen molar-refractivity contribution >= 4 is 35.8 Å². The van der Waals surface area contributed by atoms with Gasteiger partial charge in [-0.05, 0) is 31.2 Å². The van der Waals surface area contributed by atoms with Crippen LogP contribution in [-0.4, -0.2) is 15.9 Å². The summed E-state index contributed by atoms with van der Waals surface area (Å²) < 4.78 is 0. The summed E-state index contributed by atoms with van der Waals surface area (Å²) in [6.07, 6.45) is 0. The second-order valence-corrected chi connectivity index (χ2v) is 3.82. The summed E-state index contributed by atoms with van der Waals surface area (Å²) in [5.41, 5.74) is 12.7. The minimum absolute atomic E-state index is 0. The first-order chi connectivity index (χ1) is 8.54. The fourth-order valence-corrected chi connectivity index (χ4v) is 1.52. The number of nitrogens with two attached hydrogens (primary N) is 2. The Morgan fingerprint density at radius 3 is 2.37 bits per heavy atom. The molecule has 0 unspecified atom stereocenters. The molecule has 0 aliphatic carbocycles. The molecule has 100 valence electrons. The van der Waals surface area contributed by atoms with E-state index in [4.69, 9.17) is 11.5 Å². The van der Waals surface area contributed by atoms with Gasteiger partial charge in [-0.3, -0.25) is 4.79 Å². The van der Waals surface area contributed by atoms with Gasteiger partial charge in [0.2, 0.25) is 11.9 Å². The minimum atomic E-state index is -0.455. The number of hydrogen-bond donors (Lipinski definition) is 3. The highest BCUT2D eigenvalue weighted by Crippen LogP contribution is 2.16. The number of primary amides is 1. The van der Waals surface area contributed by atoms with E-state index in [1.165, 1.54) is 0 Å². The molecule has 1 heterocycles. The average molecular weight is 280 g/mol. The first-order valence-corrected chi connectivity index (χ1v) is 5.32. The van der Waals surface area contributed by atoms with Crippen LogP contribution in [0, 0.1) is 6.92 Å². The summed E-state index contributed by atoms with van der Waals surface area (Å²) in [5, 5.41) is 3.07. The van der Waals surface area contributed by atoms with E-state index in [1.807, 2.05) is 6.92 Å². The molecule has 0 radical (unpaired) electrons. The van der Waals surface area contributed by atoms with Gasteiger partial charge in [-0.1, -0.05) is 0 Å². The van der Waals surface area contributed by atoms with Crippen molar-refractivity contribution in [2.24, 2.45) is 5.73 Å². The van der Waals surface area contributed by atoms with E-state index in [9.17, 15) is 4.79 Å². The Labute approximate surface area is 116 Å². The van der Waals surface area contributed by atoms with Crippen molar-refractivity contribution in [1.29, 1.82) is 0 Å². The maximum Gasteiger partial charge on any atom is 0.248 e. The van der Waals surface area contributed by atoms with Gasteiger partial charge in [-0.2, -0.15) is 4.98 Å². The molecule has 0 saturated carbocycles. The number of aryl methyl sites for hydroxylation is 1. The summed E-state index contributed by atoms with van der Waals surface area (Å²) in [6, 6.07) is 8.55. The largest absolute Gasteiger partial charge is 0.368 e. The lowest BCUT2D eigenvalue weighted by atomic mass is 10.2. The number of benzene rings is 1. The summed E-state index contributed by atoms with van der Waals surface area (Å²) in [6.45, 7) is 1.83. The summed E-state index contributed by atoms with van der Waals surface area (Å²) in [4.78, 5) is 19.0. The van der Waals surface area contributed by atoms with Gasteiger partial charge in [0.1, 0.15) is 5.82 Å². The monoisotopic (exact) mass is 279 g/mol. The van der Waals surface area contributed by atoms with Crippen molar-refractivity contribution in [3.8, 4) is 0 Å². The lowest BCUT2D eigenvalue weighted by Crippen LogP contribution is -2.10. The molecule has 0 fully saturated rings. The number of nitrogen functional groups attached to an aromatic ring is 1. The lowest BCUT2D eigenvalue weighted by molar-refractivity contribution is 0.100. The molecule has 0 aliphatic rings. The number of aromatic nitrogens is 2. The average Bonchev–Trinajstić information content (AvgIpc) is 2.28. The van der Waals surface area contributed by atoms with Crippen LogP contribution in [0.15, 0.2) is 30.3 Å². The molecule has 0 bridgehead atoms. The number of carbonyl (C=O) groups is 1. The van der Waals surface area contributed by atoms with Gasteiger partial charge in [0.15, 0.2) is 0 Å². The van der Waals surface area contributed by atoms with Gasteiger partial charge in [0.05, 0.1) is 0 Å². The third kappa shape index (κ3) is 3.82. The standard InChI is InChI=1S/C12H13N5O.ClH/c1-7-6-10(17-12(14)15-7)16-9-4-2-8(3-5-9)11(13)18;/h2-6H,1H3,(H2,13,18)(H3,14,15,16,17);1H. The quantitative estimate of drug-likeness (QED) is 0.791. The summed E-state index contributed by atoms with van der Waals surface area (Å²) in [5.74, 6) is 0.363. The molecule has 5 N–H and O–H groups in total. The molecule has 0 spiro atoms. The zero-order chi connectivity index (χ0) is 13.1. The van der Waals surface area contributed by atoms with Crippen LogP contribution in [0.1, 0.15) is 16.1 Å². The van der Waals surface area contributed by atoms with Crippen LogP contribution in [0.3, 0.4) is 0 Å². The Hall–Kier alpha value is -2.34. The molecule has 7 heteroatoms. The van der Waals surface area contributed by atoms with Gasteiger partial charge < -0.3 is 16.8 Å². The number of anilines is 3. The molecule has 2 rings (SSSR count). The van der Waals surface area contributed by atoms with Crippen molar-refractivity contribution in [2.45, 2.75) is 6.92 Å². The highest BCUT2D eigenvalue weighted by molar-refractivity contribution is 5.93. The lowest BCUT2D eigenvalue weighted by Gasteiger charge is -2.07. The molecular weight excluding hydrogens is 266 g/mol. The Balaban J connectivity index is 0.00000180. The van der Waals surface area contributed by atoms with Crippen LogP contribution < -0.4 is 16.8 Å². The molecule has 1 aromatic carbocycles. The number of carbonyl (C=O) groups excluding carboxylic acids is 1. The molecule has 0 saturated heterocycles. The minimum Gasteiger partial charge on any atom is -0.368 e. The van der Waals surface area contributed by atoms with Crippen molar-refractivity contribution in [3.05, 3.63) is 41.6 Å². The van der Waals surface area contributed by atoms with Crippen molar-refractivity contribution in [3.63, 3.8) is 0 Å². The number of halogens is 1. The predicted octanol–water partition coefficient (Wildman–Crippen LogP) is 1.63. The van der Waals surface area contributed by atoms with Gasteiger partial charge in [0, 0.05) is 23.0 Å². The zero-order valence-electron chi connectivity index (χ0n) is 10.3. The van der Waals surface area contributed by atoms with Crippen LogP contribution in [0.4, 0.5) is 17.5 Å². The van der Waals surface area contributed by atoms with Crippen LogP contribution in [0.25, 0.3) is 0 Å². The molecular formula is C12H14ClN5O. The predicted molar refractivity (Wildman–Crippen MR) is 76.7 cm³/mol. The summed E-state index contributed by atoms with van der Waals surface area (Å²) >= 11 is 0. The molecule has 19 heavy (non-hydrogen) atoms. The van der Waals surface area contributed by atoms with E-state index in [-0.39, 0.29) is 18.4 Å². The van der Waals surface area contributed by atoms with Gasteiger partial charge in [-0.25, -0.2) is 4.98 Å². The molecule has 0 atom stereocenters. The zero-order valence-corrected chi connectivity index (χ0v) is 11.1. The van der Waals surface area contributed by atoms with E-state index in [0.29, 0.717) is 11.4 Å². The van der Waals surface area contributed by atoms with Crippen molar-refractivity contribution < 1.29 is 4.79 Å². The number of amides is 1. The van der Waals surface area contributed by atoms with Crippen LogP contribution >= 0.6 is 12.4 Å². The van der Waals surface area contributed by atoms with E-state index < -0.39 is 5.91 Å². The molecule has 6 nitrogen and oxygen atoms in total. The highest BCUT2D eigenvalue weighted by atomic mass is 35.5. The van der Waals surface area contributed by atoms with E-state index in [1.54, 1.807) is 30.3 Å². The normalized spacial score (nSPS) is 9.53. The Morgan fingerprint density at radius 2 is 1.84 bits per heavy atom. The fourth-order valence-electron chi connectivity index (χ4n) is 1.52. The first kappa shape index (κ1) is 14.7. The molecule has 1 amide bonds. The third-order valence-corrected chi connectivity index (χ3v) is 2.31. The number of rotatable bonds is 3. The number of nitrogens with one attached hydrogen (secondary N) is 1. The van der Waals surface area contributed by atoms with E-state index in [2.05, 4.69) is 15.3 Å². The maximum atomic E-state index is 10.9. The smallest absolute Gasteiger partial charge is 0.248 e. The molecule has 0 aliphatic heterocycles. The molecule has 1 aromatic heterocycles. The second kappa shape index (κ2) is 6.01. The van der Waals surface area contributed by atoms with Crippen molar-refractivity contribution in [2.75, 3.05) is 11.1 Å². The Kier molecular flexibility index (Phi) is 4.66. The number of hydrogen-bond acceptors (Lipinski definition) is 5. The van der Waals surface area contributed by atoms with Crippen LogP contribution in [0.5, 0.6) is 0 Å². The Bertz CT molecular complexity index is 565. The van der Waals surface area contributed by atoms with E-state index >= 15 is 0 Å². The summed E-state index contributed by atoms with van der Waals surface area (Å²) in [7, 11) is 0. The van der Waals surface area contributed by atoms with Gasteiger partial charge in [0.25, 0.3) is 0 Å². The SMILES string of the molecule is Cc1cc(Nc2ccc(C(N)=O)cc2)nc(N)n1.Cl. The first-order valence-electron chi connectivity index (χ1n) is 5.32. The topological polar surface area (TPSA) is 107 Å². The second-order valence-electron chi connectivity index (χ2n) is 3.82. The maximum absolute atomic E-state index is 10.9.